The summed E-state index contributed by atoms with van der Waals surface area (Å²) in [7, 11) is 0. The Kier molecular flexibility index (Phi) is 3.05. The van der Waals surface area contributed by atoms with Gasteiger partial charge in [0.2, 0.25) is 0 Å². The Hall–Kier alpha value is -1.77. The van der Waals surface area contributed by atoms with Crippen LogP contribution in [0.25, 0.3) is 10.9 Å². The maximum atomic E-state index is 5.98. The van der Waals surface area contributed by atoms with Gasteiger partial charge in [-0.25, -0.2) is 0 Å². The van der Waals surface area contributed by atoms with Crippen molar-refractivity contribution in [2.24, 2.45) is 5.41 Å². The van der Waals surface area contributed by atoms with Gasteiger partial charge in [0, 0.05) is 23.8 Å². The molecule has 1 aromatic heterocycles. The Balaban J connectivity index is 1.87. The molecule has 0 bridgehead atoms. The van der Waals surface area contributed by atoms with Crippen molar-refractivity contribution < 1.29 is 0 Å². The van der Waals surface area contributed by atoms with Crippen LogP contribution >= 0.6 is 0 Å². The highest BCUT2D eigenvalue weighted by Crippen LogP contribution is 2.44. The zero-order chi connectivity index (χ0) is 13.3. The molecule has 1 heterocycles. The molecular formula is C16H21N3. The number of nitrogens with zero attached hydrogens (tertiary/aromatic N) is 1. The number of nitrogen functional groups attached to an aromatic ring is 1. The lowest BCUT2D eigenvalue weighted by Crippen LogP contribution is -2.35. The SMILES string of the molecule is CCC1(CNc2ccnc3c(N)cccc23)CCC1. The molecule has 100 valence electrons. The van der Waals surface area contributed by atoms with Crippen molar-refractivity contribution in [1.29, 1.82) is 0 Å². The molecule has 3 heteroatoms. The molecule has 3 N–H and O–H groups in total. The lowest BCUT2D eigenvalue weighted by atomic mass is 9.67. The Morgan fingerprint density at radius 1 is 1.32 bits per heavy atom. The number of nitrogens with two attached hydrogens (primary N) is 1. The fourth-order valence-corrected chi connectivity index (χ4v) is 2.97. The van der Waals surface area contributed by atoms with Gasteiger partial charge in [-0.15, -0.1) is 0 Å². The first-order chi connectivity index (χ1) is 9.24. The number of benzene rings is 1. The largest absolute Gasteiger partial charge is 0.397 e. The molecule has 0 atom stereocenters. The van der Waals surface area contributed by atoms with Crippen LogP contribution in [0.2, 0.25) is 0 Å². The van der Waals surface area contributed by atoms with E-state index in [1.165, 1.54) is 25.7 Å². The fourth-order valence-electron chi connectivity index (χ4n) is 2.97. The van der Waals surface area contributed by atoms with Gasteiger partial charge >= 0.3 is 0 Å². The molecule has 1 aromatic carbocycles. The van der Waals surface area contributed by atoms with Crippen LogP contribution in [0.3, 0.4) is 0 Å². The van der Waals surface area contributed by atoms with E-state index in [1.54, 1.807) is 0 Å². The molecule has 0 spiro atoms. The molecule has 1 aliphatic carbocycles. The minimum atomic E-state index is 0.510. The van der Waals surface area contributed by atoms with Gasteiger partial charge in [-0.2, -0.15) is 0 Å². The highest BCUT2D eigenvalue weighted by Gasteiger charge is 2.34. The Bertz CT molecular complexity index is 582. The Morgan fingerprint density at radius 2 is 2.16 bits per heavy atom. The highest BCUT2D eigenvalue weighted by molar-refractivity contribution is 5.97. The second kappa shape index (κ2) is 4.72. The Morgan fingerprint density at radius 3 is 2.84 bits per heavy atom. The summed E-state index contributed by atoms with van der Waals surface area (Å²) in [6, 6.07) is 8.02. The summed E-state index contributed by atoms with van der Waals surface area (Å²) in [5.41, 5.74) is 9.28. The van der Waals surface area contributed by atoms with E-state index in [0.717, 1.165) is 28.8 Å². The van der Waals surface area contributed by atoms with Crippen LogP contribution in [-0.2, 0) is 0 Å². The van der Waals surface area contributed by atoms with E-state index in [2.05, 4.69) is 23.3 Å². The summed E-state index contributed by atoms with van der Waals surface area (Å²) in [4.78, 5) is 4.38. The summed E-state index contributed by atoms with van der Waals surface area (Å²) in [6.45, 7) is 3.35. The van der Waals surface area contributed by atoms with Crippen LogP contribution in [0, 0.1) is 5.41 Å². The molecule has 0 aliphatic heterocycles. The van der Waals surface area contributed by atoms with Crippen LogP contribution in [0.1, 0.15) is 32.6 Å². The molecule has 3 nitrogen and oxygen atoms in total. The highest BCUT2D eigenvalue weighted by atomic mass is 14.9. The second-order valence-electron chi connectivity index (χ2n) is 5.66. The molecule has 1 saturated carbocycles. The predicted octanol–water partition coefficient (Wildman–Crippen LogP) is 3.81. The van der Waals surface area contributed by atoms with E-state index < -0.39 is 0 Å². The molecule has 3 rings (SSSR count). The minimum Gasteiger partial charge on any atom is -0.397 e. The molecule has 19 heavy (non-hydrogen) atoms. The van der Waals surface area contributed by atoms with Crippen LogP contribution < -0.4 is 11.1 Å². The summed E-state index contributed by atoms with van der Waals surface area (Å²) in [6.07, 6.45) is 7.16. The van der Waals surface area contributed by atoms with Crippen molar-refractivity contribution in [3.63, 3.8) is 0 Å². The number of nitrogens with one attached hydrogen (secondary N) is 1. The van der Waals surface area contributed by atoms with Crippen LogP contribution in [0.5, 0.6) is 0 Å². The number of hydrogen-bond acceptors (Lipinski definition) is 3. The third kappa shape index (κ3) is 2.14. The zero-order valence-electron chi connectivity index (χ0n) is 11.4. The number of hydrogen-bond donors (Lipinski definition) is 2. The topological polar surface area (TPSA) is 50.9 Å². The average Bonchev–Trinajstić information content (AvgIpc) is 2.39. The quantitative estimate of drug-likeness (QED) is 0.817. The van der Waals surface area contributed by atoms with Crippen molar-refractivity contribution in [3.8, 4) is 0 Å². The van der Waals surface area contributed by atoms with Crippen molar-refractivity contribution in [3.05, 3.63) is 30.5 Å². The number of aromatic nitrogens is 1. The van der Waals surface area contributed by atoms with Gasteiger partial charge in [0.15, 0.2) is 0 Å². The van der Waals surface area contributed by atoms with Crippen LogP contribution in [-0.4, -0.2) is 11.5 Å². The lowest BCUT2D eigenvalue weighted by Gasteiger charge is -2.41. The number of pyridine rings is 1. The first-order valence-corrected chi connectivity index (χ1v) is 7.11. The van der Waals surface area contributed by atoms with E-state index >= 15 is 0 Å². The molecule has 0 radical (unpaired) electrons. The monoisotopic (exact) mass is 255 g/mol. The van der Waals surface area contributed by atoms with Crippen LogP contribution in [0.15, 0.2) is 30.5 Å². The van der Waals surface area contributed by atoms with Crippen molar-refractivity contribution in [2.45, 2.75) is 32.6 Å². The van der Waals surface area contributed by atoms with Gasteiger partial charge in [-0.3, -0.25) is 4.98 Å². The predicted molar refractivity (Wildman–Crippen MR) is 81.2 cm³/mol. The van der Waals surface area contributed by atoms with Gasteiger partial charge in [0.05, 0.1) is 11.2 Å². The van der Waals surface area contributed by atoms with Crippen molar-refractivity contribution in [2.75, 3.05) is 17.6 Å². The molecular weight excluding hydrogens is 234 g/mol. The van der Waals surface area contributed by atoms with E-state index in [0.29, 0.717) is 5.41 Å². The van der Waals surface area contributed by atoms with Gasteiger partial charge in [-0.05, 0) is 36.8 Å². The second-order valence-corrected chi connectivity index (χ2v) is 5.66. The molecule has 1 fully saturated rings. The van der Waals surface area contributed by atoms with Crippen LogP contribution in [0.4, 0.5) is 11.4 Å². The number of fused-ring (bicyclic) bond motifs is 1. The number of rotatable bonds is 4. The van der Waals surface area contributed by atoms with E-state index in [-0.39, 0.29) is 0 Å². The lowest BCUT2D eigenvalue weighted by molar-refractivity contribution is 0.145. The van der Waals surface area contributed by atoms with Gasteiger partial charge in [-0.1, -0.05) is 25.5 Å². The third-order valence-electron chi connectivity index (χ3n) is 4.62. The van der Waals surface area contributed by atoms with E-state index in [4.69, 9.17) is 5.73 Å². The minimum absolute atomic E-state index is 0.510. The maximum absolute atomic E-state index is 5.98. The molecule has 2 aromatic rings. The van der Waals surface area contributed by atoms with Gasteiger partial charge < -0.3 is 11.1 Å². The van der Waals surface area contributed by atoms with Crippen molar-refractivity contribution in [1.82, 2.24) is 4.98 Å². The molecule has 0 saturated heterocycles. The van der Waals surface area contributed by atoms with Gasteiger partial charge in [0.25, 0.3) is 0 Å². The summed E-state index contributed by atoms with van der Waals surface area (Å²) < 4.78 is 0. The smallest absolute Gasteiger partial charge is 0.0951 e. The zero-order valence-corrected chi connectivity index (χ0v) is 11.4. The van der Waals surface area contributed by atoms with Crippen molar-refractivity contribution >= 4 is 22.3 Å². The first-order valence-electron chi connectivity index (χ1n) is 7.11. The number of para-hydroxylation sites is 1. The first kappa shape index (κ1) is 12.3. The third-order valence-corrected chi connectivity index (χ3v) is 4.62. The normalized spacial score (nSPS) is 17.1. The van der Waals surface area contributed by atoms with E-state index in [1.807, 2.05) is 24.4 Å². The summed E-state index contributed by atoms with van der Waals surface area (Å²) >= 11 is 0. The average molecular weight is 255 g/mol. The Labute approximate surface area is 114 Å². The van der Waals surface area contributed by atoms with Gasteiger partial charge in [0.1, 0.15) is 0 Å². The number of anilines is 2. The molecule has 1 aliphatic rings. The fraction of sp³-hybridized carbons (Fsp3) is 0.438. The standard InChI is InChI=1S/C16H21N3/c1-2-16(8-4-9-16)11-19-14-7-10-18-15-12(14)5-3-6-13(15)17/h3,5-7,10H,2,4,8-9,11,17H2,1H3,(H,18,19). The molecule has 0 amide bonds. The summed E-state index contributed by atoms with van der Waals surface area (Å²) in [5.74, 6) is 0. The van der Waals surface area contributed by atoms with E-state index in [9.17, 15) is 0 Å². The summed E-state index contributed by atoms with van der Waals surface area (Å²) in [5, 5.41) is 4.73. The maximum Gasteiger partial charge on any atom is 0.0951 e. The molecule has 0 unspecified atom stereocenters.